The minimum atomic E-state index is -0.847. The van der Waals surface area contributed by atoms with E-state index in [2.05, 4.69) is 10.6 Å². The summed E-state index contributed by atoms with van der Waals surface area (Å²) in [5.74, 6) is -1.08. The van der Waals surface area contributed by atoms with E-state index in [1.807, 2.05) is 0 Å². The molecule has 2 N–H and O–H groups in total. The van der Waals surface area contributed by atoms with Gasteiger partial charge in [0.2, 0.25) is 0 Å². The first kappa shape index (κ1) is 13.8. The monoisotopic (exact) mass is 278 g/mol. The van der Waals surface area contributed by atoms with Crippen molar-refractivity contribution in [1.82, 2.24) is 0 Å². The van der Waals surface area contributed by atoms with Crippen molar-refractivity contribution in [1.29, 1.82) is 0 Å². The summed E-state index contributed by atoms with van der Waals surface area (Å²) in [7, 11) is 1.47. The second-order valence-electron chi connectivity index (χ2n) is 3.90. The molecule has 0 saturated heterocycles. The number of para-hydroxylation sites is 2. The first-order valence-electron chi connectivity index (χ1n) is 5.76. The minimum absolute atomic E-state index is 0.112. The van der Waals surface area contributed by atoms with Crippen LogP contribution in [-0.2, 0) is 0 Å². The average molecular weight is 278 g/mol. The van der Waals surface area contributed by atoms with E-state index in [0.29, 0.717) is 17.5 Å². The topological polar surface area (TPSA) is 50.4 Å². The number of hydrogen-bond acceptors (Lipinski definition) is 2. The maximum atomic E-state index is 13.4. The molecule has 4 nitrogen and oxygen atoms in total. The van der Waals surface area contributed by atoms with Crippen molar-refractivity contribution in [3.63, 3.8) is 0 Å². The van der Waals surface area contributed by atoms with Crippen LogP contribution in [0.15, 0.2) is 42.5 Å². The Bertz CT molecular complexity index is 632. The molecule has 2 rings (SSSR count). The van der Waals surface area contributed by atoms with E-state index in [-0.39, 0.29) is 5.69 Å². The number of carbonyl (C=O) groups is 1. The number of ether oxygens (including phenoxy) is 1. The van der Waals surface area contributed by atoms with E-state index < -0.39 is 17.7 Å². The van der Waals surface area contributed by atoms with E-state index in [1.54, 1.807) is 24.3 Å². The third-order valence-electron chi connectivity index (χ3n) is 2.53. The van der Waals surface area contributed by atoms with Gasteiger partial charge in [0.25, 0.3) is 0 Å². The highest BCUT2D eigenvalue weighted by atomic mass is 19.1. The lowest BCUT2D eigenvalue weighted by molar-refractivity contribution is 0.262. The molecular formula is C14H12F2N2O2. The Balaban J connectivity index is 2.09. The average Bonchev–Trinajstić information content (AvgIpc) is 2.42. The van der Waals surface area contributed by atoms with Crippen LogP contribution in [-0.4, -0.2) is 13.1 Å². The second-order valence-corrected chi connectivity index (χ2v) is 3.90. The van der Waals surface area contributed by atoms with Crippen LogP contribution in [0.25, 0.3) is 0 Å². The number of urea groups is 1. The Labute approximate surface area is 114 Å². The lowest BCUT2D eigenvalue weighted by atomic mass is 10.3. The molecule has 0 saturated carbocycles. The highest BCUT2D eigenvalue weighted by molar-refractivity contribution is 6.00. The Morgan fingerprint density at radius 1 is 1.05 bits per heavy atom. The molecule has 0 aliphatic carbocycles. The molecule has 0 spiro atoms. The van der Waals surface area contributed by atoms with Gasteiger partial charge in [0.05, 0.1) is 18.5 Å². The maximum absolute atomic E-state index is 13.4. The Hall–Kier alpha value is -2.63. The number of benzene rings is 2. The quantitative estimate of drug-likeness (QED) is 0.901. The molecule has 2 aromatic carbocycles. The molecule has 20 heavy (non-hydrogen) atoms. The highest BCUT2D eigenvalue weighted by Gasteiger charge is 2.10. The van der Waals surface area contributed by atoms with E-state index in [1.165, 1.54) is 7.11 Å². The van der Waals surface area contributed by atoms with Crippen LogP contribution in [0.2, 0.25) is 0 Å². The molecule has 0 atom stereocenters. The maximum Gasteiger partial charge on any atom is 0.323 e. The van der Waals surface area contributed by atoms with E-state index >= 15 is 0 Å². The molecule has 0 aromatic heterocycles. The molecule has 2 amide bonds. The molecule has 2 aromatic rings. The number of carbonyl (C=O) groups excluding carboxylic acids is 1. The van der Waals surface area contributed by atoms with Gasteiger partial charge < -0.3 is 15.4 Å². The minimum Gasteiger partial charge on any atom is -0.495 e. The molecule has 0 unspecified atom stereocenters. The van der Waals surface area contributed by atoms with Crippen LogP contribution < -0.4 is 15.4 Å². The van der Waals surface area contributed by atoms with E-state index in [9.17, 15) is 13.6 Å². The van der Waals surface area contributed by atoms with Crippen molar-refractivity contribution >= 4 is 17.4 Å². The Morgan fingerprint density at radius 2 is 1.75 bits per heavy atom. The number of rotatable bonds is 3. The fourth-order valence-corrected chi connectivity index (χ4v) is 1.61. The van der Waals surface area contributed by atoms with Crippen LogP contribution in [0, 0.1) is 11.6 Å². The van der Waals surface area contributed by atoms with Gasteiger partial charge in [0.15, 0.2) is 0 Å². The van der Waals surface area contributed by atoms with Gasteiger partial charge in [-0.05, 0) is 24.3 Å². The van der Waals surface area contributed by atoms with Crippen molar-refractivity contribution in [2.45, 2.75) is 0 Å². The van der Waals surface area contributed by atoms with Gasteiger partial charge in [0, 0.05) is 6.07 Å². The van der Waals surface area contributed by atoms with Gasteiger partial charge >= 0.3 is 6.03 Å². The zero-order valence-corrected chi connectivity index (χ0v) is 10.6. The van der Waals surface area contributed by atoms with E-state index in [0.717, 1.165) is 12.1 Å². The molecule has 6 heteroatoms. The summed E-state index contributed by atoms with van der Waals surface area (Å²) in [4.78, 5) is 11.7. The second kappa shape index (κ2) is 6.01. The van der Waals surface area contributed by atoms with Gasteiger partial charge in [-0.2, -0.15) is 0 Å². The zero-order valence-electron chi connectivity index (χ0n) is 10.6. The van der Waals surface area contributed by atoms with Crippen LogP contribution in [0.4, 0.5) is 25.0 Å². The van der Waals surface area contributed by atoms with Gasteiger partial charge in [-0.3, -0.25) is 0 Å². The normalized spacial score (nSPS) is 9.95. The molecule has 0 aliphatic heterocycles. The summed E-state index contributed by atoms with van der Waals surface area (Å²) in [5, 5.41) is 4.81. The number of methoxy groups -OCH3 is 1. The number of amides is 2. The number of anilines is 2. The van der Waals surface area contributed by atoms with Crippen LogP contribution >= 0.6 is 0 Å². The molecule has 0 fully saturated rings. The largest absolute Gasteiger partial charge is 0.495 e. The van der Waals surface area contributed by atoms with Crippen LogP contribution in [0.5, 0.6) is 5.75 Å². The molecular weight excluding hydrogens is 266 g/mol. The summed E-state index contributed by atoms with van der Waals surface area (Å²) >= 11 is 0. The SMILES string of the molecule is COc1ccccc1NC(=O)Nc1ccc(F)cc1F. The zero-order chi connectivity index (χ0) is 14.5. The Kier molecular flexibility index (Phi) is 4.14. The number of hydrogen-bond donors (Lipinski definition) is 2. The standard InChI is InChI=1S/C14H12F2N2O2/c1-20-13-5-3-2-4-12(13)18-14(19)17-11-7-6-9(15)8-10(11)16/h2-8H,1H3,(H2,17,18,19). The van der Waals surface area contributed by atoms with Crippen molar-refractivity contribution in [2.24, 2.45) is 0 Å². The van der Waals surface area contributed by atoms with Gasteiger partial charge in [-0.1, -0.05) is 12.1 Å². The van der Waals surface area contributed by atoms with Crippen LogP contribution in [0.3, 0.4) is 0 Å². The first-order valence-corrected chi connectivity index (χ1v) is 5.76. The predicted octanol–water partition coefficient (Wildman–Crippen LogP) is 3.62. The van der Waals surface area contributed by atoms with Gasteiger partial charge in [-0.25, -0.2) is 13.6 Å². The third-order valence-corrected chi connectivity index (χ3v) is 2.53. The van der Waals surface area contributed by atoms with Crippen LogP contribution in [0.1, 0.15) is 0 Å². The van der Waals surface area contributed by atoms with Crippen molar-refractivity contribution in [3.8, 4) is 5.75 Å². The Morgan fingerprint density at radius 3 is 2.45 bits per heavy atom. The number of halogens is 2. The molecule has 0 radical (unpaired) electrons. The molecule has 104 valence electrons. The van der Waals surface area contributed by atoms with Crippen molar-refractivity contribution < 1.29 is 18.3 Å². The van der Waals surface area contributed by atoms with Crippen molar-refractivity contribution in [3.05, 3.63) is 54.1 Å². The smallest absolute Gasteiger partial charge is 0.323 e. The summed E-state index contributed by atoms with van der Waals surface area (Å²) < 4.78 is 31.2. The van der Waals surface area contributed by atoms with E-state index in [4.69, 9.17) is 4.74 Å². The highest BCUT2D eigenvalue weighted by Crippen LogP contribution is 2.23. The summed E-state index contributed by atoms with van der Waals surface area (Å²) in [5.41, 5.74) is 0.328. The fourth-order valence-electron chi connectivity index (χ4n) is 1.61. The van der Waals surface area contributed by atoms with Gasteiger partial charge in [-0.15, -0.1) is 0 Å². The lowest BCUT2D eigenvalue weighted by Crippen LogP contribution is -2.20. The third kappa shape index (κ3) is 3.23. The van der Waals surface area contributed by atoms with Gasteiger partial charge in [0.1, 0.15) is 17.4 Å². The van der Waals surface area contributed by atoms with Crippen molar-refractivity contribution in [2.75, 3.05) is 17.7 Å². The molecule has 0 heterocycles. The summed E-state index contributed by atoms with van der Waals surface area (Å²) in [6, 6.07) is 9.03. The first-order chi connectivity index (χ1) is 9.60. The summed E-state index contributed by atoms with van der Waals surface area (Å²) in [6.45, 7) is 0. The number of nitrogens with one attached hydrogen (secondary N) is 2. The fraction of sp³-hybridized carbons (Fsp3) is 0.0714. The predicted molar refractivity (Wildman–Crippen MR) is 72.0 cm³/mol. The summed E-state index contributed by atoms with van der Waals surface area (Å²) in [6.07, 6.45) is 0. The lowest BCUT2D eigenvalue weighted by Gasteiger charge is -2.11. The molecule has 0 bridgehead atoms. The molecule has 0 aliphatic rings.